The first-order valence-electron chi connectivity index (χ1n) is 7.03. The van der Waals surface area contributed by atoms with Gasteiger partial charge in [0.1, 0.15) is 11.4 Å². The molecule has 0 bridgehead atoms. The van der Waals surface area contributed by atoms with Crippen LogP contribution in [0.4, 0.5) is 0 Å². The number of hydrogen-bond donors (Lipinski definition) is 1. The van der Waals surface area contributed by atoms with E-state index >= 15 is 0 Å². The van der Waals surface area contributed by atoms with Crippen molar-refractivity contribution in [1.29, 1.82) is 0 Å². The summed E-state index contributed by atoms with van der Waals surface area (Å²) in [6.07, 6.45) is 3.64. The molecule has 1 aromatic carbocycles. The van der Waals surface area contributed by atoms with Crippen LogP contribution in [0.5, 0.6) is 5.75 Å². The van der Waals surface area contributed by atoms with Gasteiger partial charge in [0.05, 0.1) is 0 Å². The number of cyclic esters (lactones) is 1. The Morgan fingerprint density at radius 3 is 2.80 bits per heavy atom. The van der Waals surface area contributed by atoms with Crippen molar-refractivity contribution in [3.05, 3.63) is 27.6 Å². The lowest BCUT2D eigenvalue weighted by molar-refractivity contribution is -0.165. The number of rotatable bonds is 3. The van der Waals surface area contributed by atoms with Crippen LogP contribution in [-0.4, -0.2) is 16.7 Å². The Morgan fingerprint density at radius 2 is 2.15 bits per heavy atom. The number of ether oxygens (including phenoxy) is 1. The summed E-state index contributed by atoms with van der Waals surface area (Å²) in [4.78, 5) is 11.4. The predicted octanol–water partition coefficient (Wildman–Crippen LogP) is 1.94. The molecule has 3 nitrogen and oxygen atoms in total. The summed E-state index contributed by atoms with van der Waals surface area (Å²) in [5.74, 6) is 0.165. The van der Waals surface area contributed by atoms with Gasteiger partial charge in [0.15, 0.2) is 0 Å². The fraction of sp³-hybridized carbons (Fsp3) is 0.471. The van der Waals surface area contributed by atoms with E-state index in [-0.39, 0.29) is 11.7 Å². The maximum absolute atomic E-state index is 11.4. The fourth-order valence-corrected chi connectivity index (χ4v) is 2.74. The van der Waals surface area contributed by atoms with E-state index in [1.54, 1.807) is 0 Å². The number of carbonyl (C=O) groups is 1. The summed E-state index contributed by atoms with van der Waals surface area (Å²) < 4.78 is 5.47. The Kier molecular flexibility index (Phi) is 3.89. The predicted molar refractivity (Wildman–Crippen MR) is 79.8 cm³/mol. The molecule has 1 aliphatic heterocycles. The van der Waals surface area contributed by atoms with Gasteiger partial charge in [-0.05, 0) is 67.2 Å². The van der Waals surface area contributed by atoms with Crippen molar-refractivity contribution in [2.45, 2.75) is 51.6 Å². The van der Waals surface area contributed by atoms with Crippen molar-refractivity contribution in [2.24, 2.45) is 0 Å². The van der Waals surface area contributed by atoms with Crippen LogP contribution in [0.2, 0.25) is 0 Å². The van der Waals surface area contributed by atoms with Crippen LogP contribution < -0.4 is 10.4 Å². The topological polar surface area (TPSA) is 46.5 Å². The monoisotopic (exact) mass is 274 g/mol. The normalized spacial score (nSPS) is 22.6. The average molecular weight is 274 g/mol. The first-order valence-corrected chi connectivity index (χ1v) is 7.03. The molecule has 0 amide bonds. The van der Waals surface area contributed by atoms with Gasteiger partial charge >= 0.3 is 5.97 Å². The first-order chi connectivity index (χ1) is 9.32. The molecule has 3 heteroatoms. The second-order valence-corrected chi connectivity index (χ2v) is 5.92. The van der Waals surface area contributed by atoms with Gasteiger partial charge in [0.2, 0.25) is 0 Å². The molecular formula is C17H22O3. The highest BCUT2D eigenvalue weighted by atomic mass is 16.6. The molecule has 0 aromatic heterocycles. The number of phenols is 1. The van der Waals surface area contributed by atoms with Crippen LogP contribution in [0.1, 0.15) is 43.7 Å². The van der Waals surface area contributed by atoms with Gasteiger partial charge in [0, 0.05) is 6.42 Å². The van der Waals surface area contributed by atoms with Crippen LogP contribution in [0, 0.1) is 6.92 Å². The van der Waals surface area contributed by atoms with Gasteiger partial charge in [-0.1, -0.05) is 13.2 Å². The van der Waals surface area contributed by atoms with E-state index in [1.165, 1.54) is 0 Å². The minimum Gasteiger partial charge on any atom is -0.507 e. The number of aryl methyl sites for hydroxylation is 1. The van der Waals surface area contributed by atoms with Gasteiger partial charge in [-0.2, -0.15) is 0 Å². The lowest BCUT2D eigenvalue weighted by atomic mass is 9.88. The number of carbonyl (C=O) groups excluding carboxylic acids is 1. The molecule has 1 atom stereocenters. The molecule has 20 heavy (non-hydrogen) atoms. The van der Waals surface area contributed by atoms with Crippen LogP contribution in [-0.2, 0) is 16.0 Å². The van der Waals surface area contributed by atoms with E-state index in [2.05, 4.69) is 13.2 Å². The summed E-state index contributed by atoms with van der Waals surface area (Å²) in [7, 11) is 0. The zero-order chi connectivity index (χ0) is 14.9. The number of esters is 1. The highest BCUT2D eigenvalue weighted by molar-refractivity contribution is 5.70. The third-order valence-electron chi connectivity index (χ3n) is 4.22. The second-order valence-electron chi connectivity index (χ2n) is 5.92. The summed E-state index contributed by atoms with van der Waals surface area (Å²) in [6.45, 7) is 11.7. The number of aromatic hydroxyl groups is 1. The third kappa shape index (κ3) is 2.87. The minimum atomic E-state index is -0.417. The maximum Gasteiger partial charge on any atom is 0.306 e. The van der Waals surface area contributed by atoms with Crippen molar-refractivity contribution in [1.82, 2.24) is 0 Å². The van der Waals surface area contributed by atoms with Crippen molar-refractivity contribution in [2.75, 3.05) is 0 Å². The number of hydrogen-bond acceptors (Lipinski definition) is 3. The smallest absolute Gasteiger partial charge is 0.306 e. The number of benzene rings is 1. The second kappa shape index (κ2) is 5.31. The van der Waals surface area contributed by atoms with Gasteiger partial charge in [0.25, 0.3) is 0 Å². The van der Waals surface area contributed by atoms with Crippen LogP contribution in [0.3, 0.4) is 0 Å². The van der Waals surface area contributed by atoms with Gasteiger partial charge in [-0.25, -0.2) is 0 Å². The molecule has 1 aliphatic rings. The fourth-order valence-electron chi connectivity index (χ4n) is 2.74. The third-order valence-corrected chi connectivity index (χ3v) is 4.22. The molecule has 0 spiro atoms. The van der Waals surface area contributed by atoms with Crippen LogP contribution >= 0.6 is 0 Å². The van der Waals surface area contributed by atoms with Crippen LogP contribution in [0.25, 0.3) is 13.2 Å². The molecule has 0 aliphatic carbocycles. The van der Waals surface area contributed by atoms with Crippen molar-refractivity contribution < 1.29 is 14.6 Å². The molecule has 1 aromatic rings. The molecule has 1 unspecified atom stereocenters. The lowest BCUT2D eigenvalue weighted by Crippen LogP contribution is -2.36. The molecule has 108 valence electrons. The van der Waals surface area contributed by atoms with Gasteiger partial charge < -0.3 is 9.84 Å². The molecule has 1 fully saturated rings. The molecule has 0 saturated carbocycles. The summed E-state index contributed by atoms with van der Waals surface area (Å²) >= 11 is 0. The van der Waals surface area contributed by atoms with E-state index in [0.717, 1.165) is 34.4 Å². The van der Waals surface area contributed by atoms with E-state index < -0.39 is 5.60 Å². The maximum atomic E-state index is 11.4. The standard InChI is InChI=1S/C17H22O3/c1-11-10-14(16(19)13(3)12(11)2)7-9-17(4)8-5-6-15(18)20-17/h10,19H,1-2,5-9H2,3-4H3. The zero-order valence-electron chi connectivity index (χ0n) is 12.3. The highest BCUT2D eigenvalue weighted by Crippen LogP contribution is 2.31. The Balaban J connectivity index is 2.17. The SMILES string of the molecule is C=c1cc(CCC2(C)CCCC(=O)O2)c(O)c(C)c1=C. The molecule has 0 radical (unpaired) electrons. The Bertz CT molecular complexity index is 633. The van der Waals surface area contributed by atoms with E-state index in [4.69, 9.17) is 4.74 Å². The molecular weight excluding hydrogens is 252 g/mol. The van der Waals surface area contributed by atoms with E-state index in [9.17, 15) is 9.90 Å². The first kappa shape index (κ1) is 14.6. The number of phenolic OH excluding ortho intramolecular Hbond substituents is 1. The molecule has 2 rings (SSSR count). The highest BCUT2D eigenvalue weighted by Gasteiger charge is 2.32. The van der Waals surface area contributed by atoms with Crippen molar-refractivity contribution >= 4 is 19.1 Å². The minimum absolute atomic E-state index is 0.120. The van der Waals surface area contributed by atoms with Crippen molar-refractivity contribution in [3.8, 4) is 5.75 Å². The lowest BCUT2D eigenvalue weighted by Gasteiger charge is -2.33. The molecule has 1 heterocycles. The van der Waals surface area contributed by atoms with Gasteiger partial charge in [-0.15, -0.1) is 0 Å². The van der Waals surface area contributed by atoms with E-state index in [0.29, 0.717) is 19.3 Å². The van der Waals surface area contributed by atoms with Gasteiger partial charge in [-0.3, -0.25) is 4.79 Å². The summed E-state index contributed by atoms with van der Waals surface area (Å²) in [5, 5.41) is 11.8. The van der Waals surface area contributed by atoms with Crippen LogP contribution in [0.15, 0.2) is 6.07 Å². The zero-order valence-corrected chi connectivity index (χ0v) is 12.3. The molecule has 1 N–H and O–H groups in total. The summed E-state index contributed by atoms with van der Waals surface area (Å²) in [6, 6.07) is 1.87. The Labute approximate surface area is 119 Å². The molecule has 1 saturated heterocycles. The van der Waals surface area contributed by atoms with E-state index in [1.807, 2.05) is 19.9 Å². The largest absolute Gasteiger partial charge is 0.507 e. The average Bonchev–Trinajstić information content (AvgIpc) is 2.39. The Hall–Kier alpha value is -1.77. The quantitative estimate of drug-likeness (QED) is 0.857. The van der Waals surface area contributed by atoms with Crippen molar-refractivity contribution in [3.63, 3.8) is 0 Å². The Morgan fingerprint density at radius 1 is 1.45 bits per heavy atom. The summed E-state index contributed by atoms with van der Waals surface area (Å²) in [5.41, 5.74) is 1.21.